The summed E-state index contributed by atoms with van der Waals surface area (Å²) >= 11 is 3.42. The molecule has 0 aromatic heterocycles. The predicted molar refractivity (Wildman–Crippen MR) is 114 cm³/mol. The van der Waals surface area contributed by atoms with E-state index < -0.39 is 23.7 Å². The Morgan fingerprint density at radius 3 is 2.48 bits per heavy atom. The van der Waals surface area contributed by atoms with Crippen molar-refractivity contribution in [2.24, 2.45) is 11.0 Å². The van der Waals surface area contributed by atoms with Crippen molar-refractivity contribution in [1.82, 2.24) is 10.7 Å². The van der Waals surface area contributed by atoms with Crippen LogP contribution in [-0.4, -0.2) is 30.7 Å². The number of rotatable bonds is 8. The third kappa shape index (κ3) is 6.67. The van der Waals surface area contributed by atoms with Gasteiger partial charge in [0, 0.05) is 5.56 Å². The number of halogens is 2. The van der Waals surface area contributed by atoms with E-state index >= 15 is 0 Å². The van der Waals surface area contributed by atoms with E-state index in [4.69, 9.17) is 4.74 Å². The Hall–Kier alpha value is -2.74. The Morgan fingerprint density at radius 2 is 1.90 bits per heavy atom. The van der Waals surface area contributed by atoms with Crippen molar-refractivity contribution in [3.63, 3.8) is 0 Å². The lowest BCUT2D eigenvalue weighted by Crippen LogP contribution is -2.48. The summed E-state index contributed by atoms with van der Waals surface area (Å²) in [5.74, 6) is -0.795. The maximum Gasteiger partial charge on any atom is 0.262 e. The van der Waals surface area contributed by atoms with Crippen molar-refractivity contribution < 1.29 is 18.7 Å². The lowest BCUT2D eigenvalue weighted by atomic mass is 10.0. The molecular weight excluding hydrogens is 441 g/mol. The second kappa shape index (κ2) is 10.7. The monoisotopic (exact) mass is 463 g/mol. The molecule has 29 heavy (non-hydrogen) atoms. The third-order valence-electron chi connectivity index (χ3n) is 3.99. The van der Waals surface area contributed by atoms with E-state index in [2.05, 4.69) is 31.8 Å². The van der Waals surface area contributed by atoms with Crippen molar-refractivity contribution in [1.29, 1.82) is 0 Å². The Bertz CT molecular complexity index is 885. The molecule has 154 valence electrons. The van der Waals surface area contributed by atoms with Gasteiger partial charge in [0.05, 0.1) is 17.3 Å². The molecule has 0 bridgehead atoms. The van der Waals surface area contributed by atoms with Crippen LogP contribution >= 0.6 is 15.9 Å². The molecule has 0 aliphatic heterocycles. The van der Waals surface area contributed by atoms with Gasteiger partial charge in [-0.1, -0.05) is 13.8 Å². The predicted octanol–water partition coefficient (Wildman–Crippen LogP) is 3.89. The van der Waals surface area contributed by atoms with Gasteiger partial charge >= 0.3 is 0 Å². The second-order valence-corrected chi connectivity index (χ2v) is 7.41. The average Bonchev–Trinajstić information content (AvgIpc) is 2.68. The van der Waals surface area contributed by atoms with Crippen LogP contribution in [0.15, 0.2) is 52.0 Å². The largest absolute Gasteiger partial charge is 0.493 e. The summed E-state index contributed by atoms with van der Waals surface area (Å²) < 4.78 is 19.2. The van der Waals surface area contributed by atoms with Gasteiger partial charge in [0.1, 0.15) is 17.6 Å². The first-order valence-electron chi connectivity index (χ1n) is 9.13. The molecule has 1 unspecified atom stereocenters. The topological polar surface area (TPSA) is 79.8 Å². The number of hydrogen-bond donors (Lipinski definition) is 2. The highest BCUT2D eigenvalue weighted by Gasteiger charge is 2.24. The lowest BCUT2D eigenvalue weighted by molar-refractivity contribution is -0.123. The van der Waals surface area contributed by atoms with E-state index in [1.54, 1.807) is 6.07 Å². The van der Waals surface area contributed by atoms with Crippen LogP contribution in [0.5, 0.6) is 5.75 Å². The van der Waals surface area contributed by atoms with Crippen LogP contribution in [0.25, 0.3) is 0 Å². The van der Waals surface area contributed by atoms with Gasteiger partial charge in [0.15, 0.2) is 0 Å². The molecule has 8 heteroatoms. The minimum atomic E-state index is -0.795. The summed E-state index contributed by atoms with van der Waals surface area (Å²) in [6, 6.07) is 9.74. The van der Waals surface area contributed by atoms with Gasteiger partial charge in [-0.25, -0.2) is 9.82 Å². The summed E-state index contributed by atoms with van der Waals surface area (Å²) in [7, 11) is 0. The van der Waals surface area contributed by atoms with E-state index in [9.17, 15) is 14.0 Å². The maximum absolute atomic E-state index is 13.0. The quantitative estimate of drug-likeness (QED) is 0.460. The van der Waals surface area contributed by atoms with E-state index in [0.29, 0.717) is 6.61 Å². The van der Waals surface area contributed by atoms with Gasteiger partial charge in [-0.3, -0.25) is 9.59 Å². The highest BCUT2D eigenvalue weighted by Crippen LogP contribution is 2.25. The Balaban J connectivity index is 2.00. The van der Waals surface area contributed by atoms with E-state index in [-0.39, 0.29) is 11.5 Å². The molecule has 0 heterocycles. The molecule has 2 aromatic rings. The number of hydrogen-bond acceptors (Lipinski definition) is 4. The number of ether oxygens (including phenoxy) is 1. The standard InChI is InChI=1S/C21H23BrFN3O3/c1-4-29-18-10-5-14(11-17(18)22)12-24-26-21(28)19(13(2)3)25-20(27)15-6-8-16(23)9-7-15/h5-13,19H,4H2,1-3H3,(H,25,27)(H,26,28)/b24-12+. The molecule has 2 N–H and O–H groups in total. The van der Waals surface area contributed by atoms with E-state index in [0.717, 1.165) is 15.8 Å². The van der Waals surface area contributed by atoms with Crippen molar-refractivity contribution in [2.45, 2.75) is 26.8 Å². The maximum atomic E-state index is 13.0. The first-order chi connectivity index (χ1) is 13.8. The Kier molecular flexibility index (Phi) is 8.33. The summed E-state index contributed by atoms with van der Waals surface area (Å²) in [6.45, 7) is 6.07. The zero-order chi connectivity index (χ0) is 21.4. The average molecular weight is 464 g/mol. The van der Waals surface area contributed by atoms with Gasteiger partial charge in [-0.15, -0.1) is 0 Å². The van der Waals surface area contributed by atoms with Crippen molar-refractivity contribution in [2.75, 3.05) is 6.61 Å². The van der Waals surface area contributed by atoms with E-state index in [1.807, 2.05) is 32.9 Å². The van der Waals surface area contributed by atoms with Gasteiger partial charge in [-0.2, -0.15) is 5.10 Å². The van der Waals surface area contributed by atoms with Crippen LogP contribution in [-0.2, 0) is 4.79 Å². The molecule has 0 fully saturated rings. The fraction of sp³-hybridized carbons (Fsp3) is 0.286. The summed E-state index contributed by atoms with van der Waals surface area (Å²) in [5.41, 5.74) is 3.48. The second-order valence-electron chi connectivity index (χ2n) is 6.56. The Labute approximate surface area is 177 Å². The number of amides is 2. The molecule has 0 spiro atoms. The first-order valence-corrected chi connectivity index (χ1v) is 9.92. The zero-order valence-corrected chi connectivity index (χ0v) is 18.0. The van der Waals surface area contributed by atoms with Gasteiger partial charge in [0.25, 0.3) is 11.8 Å². The van der Waals surface area contributed by atoms with Crippen LogP contribution in [0, 0.1) is 11.7 Å². The minimum absolute atomic E-state index is 0.172. The molecule has 6 nitrogen and oxygen atoms in total. The highest BCUT2D eigenvalue weighted by atomic mass is 79.9. The van der Waals surface area contributed by atoms with Crippen LogP contribution < -0.4 is 15.5 Å². The fourth-order valence-electron chi connectivity index (χ4n) is 2.47. The van der Waals surface area contributed by atoms with Crippen LogP contribution in [0.4, 0.5) is 4.39 Å². The zero-order valence-electron chi connectivity index (χ0n) is 16.4. The van der Waals surface area contributed by atoms with E-state index in [1.165, 1.54) is 30.5 Å². The third-order valence-corrected chi connectivity index (χ3v) is 4.61. The molecule has 2 rings (SSSR count). The molecule has 0 saturated carbocycles. The number of hydrazone groups is 1. The van der Waals surface area contributed by atoms with Crippen LogP contribution in [0.2, 0.25) is 0 Å². The van der Waals surface area contributed by atoms with Crippen molar-refractivity contribution in [3.05, 3.63) is 63.9 Å². The SMILES string of the molecule is CCOc1ccc(/C=N/NC(=O)C(NC(=O)c2ccc(F)cc2)C(C)C)cc1Br. The van der Waals surface area contributed by atoms with Crippen molar-refractivity contribution >= 4 is 34.0 Å². The molecule has 2 amide bonds. The summed E-state index contributed by atoms with van der Waals surface area (Å²) in [6.07, 6.45) is 1.50. The highest BCUT2D eigenvalue weighted by molar-refractivity contribution is 9.10. The Morgan fingerprint density at radius 1 is 1.21 bits per heavy atom. The number of nitrogens with one attached hydrogen (secondary N) is 2. The number of benzene rings is 2. The normalized spacial score (nSPS) is 12.1. The van der Waals surface area contributed by atoms with Crippen LogP contribution in [0.3, 0.4) is 0 Å². The van der Waals surface area contributed by atoms with Crippen LogP contribution in [0.1, 0.15) is 36.7 Å². The molecule has 2 aromatic carbocycles. The van der Waals surface area contributed by atoms with Gasteiger partial charge in [0.2, 0.25) is 0 Å². The molecule has 0 aliphatic rings. The summed E-state index contributed by atoms with van der Waals surface area (Å²) in [5, 5.41) is 6.63. The summed E-state index contributed by atoms with van der Waals surface area (Å²) in [4.78, 5) is 24.8. The lowest BCUT2D eigenvalue weighted by Gasteiger charge is -2.20. The fourth-order valence-corrected chi connectivity index (χ4v) is 2.98. The smallest absolute Gasteiger partial charge is 0.262 e. The first kappa shape index (κ1) is 22.5. The number of carbonyl (C=O) groups excluding carboxylic acids is 2. The molecule has 1 atom stereocenters. The molecule has 0 radical (unpaired) electrons. The molecular formula is C21H23BrFN3O3. The molecule has 0 saturated heterocycles. The van der Waals surface area contributed by atoms with Gasteiger partial charge in [-0.05, 0) is 76.8 Å². The van der Waals surface area contributed by atoms with Crippen molar-refractivity contribution in [3.8, 4) is 5.75 Å². The number of carbonyl (C=O) groups is 2. The van der Waals surface area contributed by atoms with Gasteiger partial charge < -0.3 is 10.1 Å². The molecule has 0 aliphatic carbocycles. The number of nitrogens with zero attached hydrogens (tertiary/aromatic N) is 1. The minimum Gasteiger partial charge on any atom is -0.493 e.